The summed E-state index contributed by atoms with van der Waals surface area (Å²) in [5.74, 6) is 0.619. The first-order valence-electron chi connectivity index (χ1n) is 9.69. The van der Waals surface area contributed by atoms with E-state index in [1.54, 1.807) is 45.4 Å². The highest BCUT2D eigenvalue weighted by molar-refractivity contribution is 8.15. The molecule has 1 fully saturated rings. The van der Waals surface area contributed by atoms with Gasteiger partial charge in [-0.1, -0.05) is 29.4 Å². The molecule has 2 aromatic rings. The predicted octanol–water partition coefficient (Wildman–Crippen LogP) is 4.01. The second-order valence-electron chi connectivity index (χ2n) is 6.97. The highest BCUT2D eigenvalue weighted by Gasteiger charge is 2.32. The van der Waals surface area contributed by atoms with Crippen LogP contribution in [0.2, 0.25) is 5.02 Å². The summed E-state index contributed by atoms with van der Waals surface area (Å²) in [5.41, 5.74) is 2.93. The van der Waals surface area contributed by atoms with E-state index >= 15 is 0 Å². The fraction of sp³-hybridized carbons (Fsp3) is 0.273. The van der Waals surface area contributed by atoms with Crippen LogP contribution in [0.25, 0.3) is 0 Å². The van der Waals surface area contributed by atoms with E-state index in [-0.39, 0.29) is 18.2 Å². The molecular formula is C22H23ClN4O4S. The van der Waals surface area contributed by atoms with Crippen LogP contribution in [0, 0.1) is 6.92 Å². The van der Waals surface area contributed by atoms with Gasteiger partial charge in [0.1, 0.15) is 5.25 Å². The normalized spacial score (nSPS) is 17.3. The van der Waals surface area contributed by atoms with E-state index in [0.717, 1.165) is 22.9 Å². The highest BCUT2D eigenvalue weighted by atomic mass is 35.5. The van der Waals surface area contributed by atoms with Gasteiger partial charge in [0.25, 0.3) is 0 Å². The second-order valence-corrected chi connectivity index (χ2v) is 8.57. The number of rotatable bonds is 7. The van der Waals surface area contributed by atoms with Gasteiger partial charge >= 0.3 is 0 Å². The lowest BCUT2D eigenvalue weighted by molar-refractivity contribution is -0.122. The Hall–Kier alpha value is -3.04. The van der Waals surface area contributed by atoms with Crippen LogP contribution in [0.1, 0.15) is 24.5 Å². The van der Waals surface area contributed by atoms with E-state index in [4.69, 9.17) is 21.1 Å². The fourth-order valence-corrected chi connectivity index (χ4v) is 3.98. The molecule has 0 bridgehead atoms. The maximum Gasteiger partial charge on any atom is 0.240 e. The van der Waals surface area contributed by atoms with Gasteiger partial charge in [-0.3, -0.25) is 9.59 Å². The lowest BCUT2D eigenvalue weighted by Gasteiger charge is -2.09. The number of methoxy groups -OCH3 is 2. The number of carbonyl (C=O) groups is 2. The Bertz CT molecular complexity index is 1100. The number of anilines is 1. The van der Waals surface area contributed by atoms with Crippen LogP contribution in [-0.4, -0.2) is 42.2 Å². The Morgan fingerprint density at radius 1 is 1.19 bits per heavy atom. The molecule has 32 heavy (non-hydrogen) atoms. The molecule has 2 N–H and O–H groups in total. The van der Waals surface area contributed by atoms with Crippen LogP contribution >= 0.6 is 23.4 Å². The van der Waals surface area contributed by atoms with Crippen molar-refractivity contribution in [1.29, 1.82) is 0 Å². The number of ether oxygens (including phenoxy) is 2. The van der Waals surface area contributed by atoms with Gasteiger partial charge in [-0.25, -0.2) is 0 Å². The van der Waals surface area contributed by atoms with Crippen LogP contribution in [0.4, 0.5) is 5.69 Å². The van der Waals surface area contributed by atoms with Crippen molar-refractivity contribution in [2.75, 3.05) is 19.5 Å². The third kappa shape index (κ3) is 5.80. The monoisotopic (exact) mass is 474 g/mol. The molecule has 2 aromatic carbocycles. The molecule has 0 unspecified atom stereocenters. The van der Waals surface area contributed by atoms with Crippen molar-refractivity contribution in [3.63, 3.8) is 0 Å². The number of hydrogen-bond donors (Lipinski definition) is 2. The second kappa shape index (κ2) is 10.5. The number of nitrogens with one attached hydrogen (secondary N) is 2. The Morgan fingerprint density at radius 3 is 2.62 bits per heavy atom. The summed E-state index contributed by atoms with van der Waals surface area (Å²) in [6.45, 7) is 3.67. The van der Waals surface area contributed by atoms with Crippen molar-refractivity contribution < 1.29 is 19.1 Å². The van der Waals surface area contributed by atoms with E-state index in [1.165, 1.54) is 0 Å². The summed E-state index contributed by atoms with van der Waals surface area (Å²) in [6.07, 6.45) is -0.000605. The molecule has 0 spiro atoms. The lowest BCUT2D eigenvalue weighted by atomic mass is 10.1. The summed E-state index contributed by atoms with van der Waals surface area (Å²) in [7, 11) is 3.12. The summed E-state index contributed by atoms with van der Waals surface area (Å²) in [5, 5.41) is 14.1. The standard InChI is InChI=1S/C22H23ClN4O4S/c1-12-5-7-15(10-16(12)23)24-20(28)11-19-21(29)25-22(32-19)27-26-13(2)14-6-8-17(30-3)18(9-14)31-4/h5-10,19H,11H2,1-4H3,(H,24,28)(H,25,27,29)/b26-13-/t19-/m1/s1. The molecule has 3 rings (SSSR count). The Kier molecular flexibility index (Phi) is 7.76. The molecule has 1 saturated heterocycles. The topological polar surface area (TPSA) is 101 Å². The predicted molar refractivity (Wildman–Crippen MR) is 128 cm³/mol. The Labute approximate surface area is 195 Å². The van der Waals surface area contributed by atoms with Crippen LogP contribution < -0.4 is 20.1 Å². The van der Waals surface area contributed by atoms with Gasteiger partial charge in [-0.05, 0) is 49.7 Å². The van der Waals surface area contributed by atoms with Crippen molar-refractivity contribution in [3.8, 4) is 11.5 Å². The van der Waals surface area contributed by atoms with Crippen molar-refractivity contribution in [2.45, 2.75) is 25.5 Å². The van der Waals surface area contributed by atoms with Crippen molar-refractivity contribution in [2.24, 2.45) is 10.2 Å². The molecule has 0 radical (unpaired) electrons. The highest BCUT2D eigenvalue weighted by Crippen LogP contribution is 2.28. The number of thioether (sulfide) groups is 1. The Morgan fingerprint density at radius 2 is 1.94 bits per heavy atom. The smallest absolute Gasteiger partial charge is 0.240 e. The molecule has 10 heteroatoms. The maximum absolute atomic E-state index is 12.3. The first kappa shape index (κ1) is 23.6. The van der Waals surface area contributed by atoms with Gasteiger partial charge in [-0.15, -0.1) is 5.10 Å². The maximum atomic E-state index is 12.3. The van der Waals surface area contributed by atoms with Gasteiger partial charge in [0.15, 0.2) is 16.7 Å². The number of nitrogens with zero attached hydrogens (tertiary/aromatic N) is 2. The third-order valence-corrected chi connectivity index (χ3v) is 6.17. The average molecular weight is 475 g/mol. The summed E-state index contributed by atoms with van der Waals surface area (Å²) in [6, 6.07) is 10.7. The van der Waals surface area contributed by atoms with Crippen molar-refractivity contribution >= 4 is 51.7 Å². The molecule has 1 heterocycles. The number of amides is 2. The molecule has 168 valence electrons. The van der Waals surface area contributed by atoms with E-state index in [1.807, 2.05) is 19.1 Å². The molecule has 1 aliphatic rings. The van der Waals surface area contributed by atoms with Gasteiger partial charge in [0.05, 0.1) is 19.9 Å². The molecule has 8 nitrogen and oxygen atoms in total. The first-order chi connectivity index (χ1) is 15.3. The molecule has 0 aliphatic carbocycles. The third-order valence-electron chi connectivity index (χ3n) is 4.69. The van der Waals surface area contributed by atoms with E-state index in [2.05, 4.69) is 20.8 Å². The molecular weight excluding hydrogens is 452 g/mol. The number of halogens is 1. The van der Waals surface area contributed by atoms with Gasteiger partial charge < -0.3 is 20.1 Å². The van der Waals surface area contributed by atoms with Gasteiger partial charge in [0, 0.05) is 22.7 Å². The van der Waals surface area contributed by atoms with Crippen molar-refractivity contribution in [3.05, 3.63) is 52.5 Å². The molecule has 0 saturated carbocycles. The number of aryl methyl sites for hydroxylation is 1. The van der Waals surface area contributed by atoms with Gasteiger partial charge in [0.2, 0.25) is 11.8 Å². The summed E-state index contributed by atoms with van der Waals surface area (Å²) >= 11 is 7.25. The quantitative estimate of drug-likeness (QED) is 0.466. The fourth-order valence-electron chi connectivity index (χ4n) is 2.88. The zero-order chi connectivity index (χ0) is 23.3. The minimum Gasteiger partial charge on any atom is -0.493 e. The Balaban J connectivity index is 1.63. The number of benzene rings is 2. The average Bonchev–Trinajstić information content (AvgIpc) is 3.12. The van der Waals surface area contributed by atoms with Gasteiger partial charge in [-0.2, -0.15) is 5.10 Å². The van der Waals surface area contributed by atoms with Crippen LogP contribution in [0.3, 0.4) is 0 Å². The minimum atomic E-state index is -0.591. The van der Waals surface area contributed by atoms with E-state index < -0.39 is 5.25 Å². The molecule has 1 aliphatic heterocycles. The zero-order valence-electron chi connectivity index (χ0n) is 18.1. The first-order valence-corrected chi connectivity index (χ1v) is 10.9. The summed E-state index contributed by atoms with van der Waals surface area (Å²) in [4.78, 5) is 24.6. The molecule has 2 amide bonds. The molecule has 0 aromatic heterocycles. The minimum absolute atomic E-state index is 0.000605. The van der Waals surface area contributed by atoms with Crippen LogP contribution in [-0.2, 0) is 9.59 Å². The largest absolute Gasteiger partial charge is 0.493 e. The van der Waals surface area contributed by atoms with Crippen LogP contribution in [0.15, 0.2) is 46.6 Å². The molecule has 1 atom stereocenters. The van der Waals surface area contributed by atoms with Crippen molar-refractivity contribution in [1.82, 2.24) is 5.32 Å². The SMILES string of the molecule is COc1ccc(/C(C)=N\N=C2/NC(=O)[C@@H](CC(=O)Nc3ccc(C)c(Cl)c3)S2)cc1OC. The number of amidine groups is 1. The zero-order valence-corrected chi connectivity index (χ0v) is 19.6. The van der Waals surface area contributed by atoms with Crippen LogP contribution in [0.5, 0.6) is 11.5 Å². The number of carbonyl (C=O) groups excluding carboxylic acids is 2. The van der Waals surface area contributed by atoms with E-state index in [0.29, 0.717) is 33.1 Å². The lowest BCUT2D eigenvalue weighted by Crippen LogP contribution is -2.28. The number of hydrogen-bond acceptors (Lipinski definition) is 7. The van der Waals surface area contributed by atoms with E-state index in [9.17, 15) is 9.59 Å². The summed E-state index contributed by atoms with van der Waals surface area (Å²) < 4.78 is 10.5.